The topological polar surface area (TPSA) is 87.8 Å². The number of aromatic nitrogens is 2. The maximum atomic E-state index is 12.8. The molecule has 6 nitrogen and oxygen atoms in total. The fourth-order valence-electron chi connectivity index (χ4n) is 4.56. The summed E-state index contributed by atoms with van der Waals surface area (Å²) in [6.45, 7) is -0.227. The van der Waals surface area contributed by atoms with E-state index >= 15 is 0 Å². The monoisotopic (exact) mass is 472 g/mol. The van der Waals surface area contributed by atoms with Crippen LogP contribution in [0.2, 0.25) is 0 Å². The highest BCUT2D eigenvalue weighted by Gasteiger charge is 2.27. The van der Waals surface area contributed by atoms with Gasteiger partial charge in [0.2, 0.25) is 10.0 Å². The maximum absolute atomic E-state index is 12.8. The van der Waals surface area contributed by atoms with Crippen molar-refractivity contribution in [2.45, 2.75) is 56.0 Å². The van der Waals surface area contributed by atoms with Crippen molar-refractivity contribution in [3.8, 4) is 17.5 Å². The van der Waals surface area contributed by atoms with E-state index in [4.69, 9.17) is 0 Å². The molecule has 2 heterocycles. The summed E-state index contributed by atoms with van der Waals surface area (Å²) in [6.07, 6.45) is 6.24. The minimum atomic E-state index is -4.12. The first-order chi connectivity index (χ1) is 15.9. The van der Waals surface area contributed by atoms with E-state index in [1.165, 1.54) is 12.3 Å². The average Bonchev–Trinajstić information content (AvgIpc) is 3.47. The molecule has 33 heavy (non-hydrogen) atoms. The smallest absolute Gasteiger partial charge is 0.242 e. The summed E-state index contributed by atoms with van der Waals surface area (Å²) < 4.78 is 54.7. The van der Waals surface area contributed by atoms with Crippen LogP contribution in [0.3, 0.4) is 0 Å². The van der Waals surface area contributed by atoms with Crippen molar-refractivity contribution in [2.75, 3.05) is 13.3 Å². The van der Waals surface area contributed by atoms with Crippen molar-refractivity contribution < 1.29 is 17.2 Å². The fraction of sp³-hybridized carbons (Fsp3) is 0.417. The molecule has 3 aromatic rings. The summed E-state index contributed by atoms with van der Waals surface area (Å²) in [7, 11) is -4.12. The molecule has 4 rings (SSSR count). The minimum Gasteiger partial charge on any atom is -0.335 e. The zero-order valence-corrected chi connectivity index (χ0v) is 19.2. The van der Waals surface area contributed by atoms with Crippen LogP contribution < -0.4 is 4.72 Å². The van der Waals surface area contributed by atoms with Crippen LogP contribution in [0, 0.1) is 11.3 Å². The van der Waals surface area contributed by atoms with Gasteiger partial charge in [0.1, 0.15) is 24.3 Å². The summed E-state index contributed by atoms with van der Waals surface area (Å²) in [6, 6.07) is 10.2. The first-order valence-corrected chi connectivity index (χ1v) is 12.6. The van der Waals surface area contributed by atoms with Gasteiger partial charge in [0, 0.05) is 17.6 Å². The summed E-state index contributed by atoms with van der Waals surface area (Å²) in [5.41, 5.74) is 3.78. The number of hydrogen-bond acceptors (Lipinski definition) is 4. The summed E-state index contributed by atoms with van der Waals surface area (Å²) in [5, 5.41) is 10.9. The number of nitriles is 1. The van der Waals surface area contributed by atoms with E-state index < -0.39 is 29.4 Å². The lowest BCUT2D eigenvalue weighted by molar-refractivity contribution is 0.334. The predicted molar refractivity (Wildman–Crippen MR) is 123 cm³/mol. The molecule has 0 aliphatic heterocycles. The first-order valence-electron chi connectivity index (χ1n) is 11.1. The Labute approximate surface area is 192 Å². The Morgan fingerprint density at radius 2 is 1.94 bits per heavy atom. The molecule has 0 atom stereocenters. The van der Waals surface area contributed by atoms with Crippen molar-refractivity contribution in [3.05, 3.63) is 47.7 Å². The van der Waals surface area contributed by atoms with Gasteiger partial charge in [-0.15, -0.1) is 0 Å². The van der Waals surface area contributed by atoms with E-state index in [2.05, 4.69) is 28.6 Å². The normalized spacial score (nSPS) is 14.9. The first kappa shape index (κ1) is 23.3. The van der Waals surface area contributed by atoms with Crippen molar-refractivity contribution >= 4 is 20.9 Å². The van der Waals surface area contributed by atoms with E-state index in [0.717, 1.165) is 48.6 Å². The highest BCUT2D eigenvalue weighted by atomic mass is 32.2. The molecule has 0 radical (unpaired) electrons. The molecule has 1 aliphatic carbocycles. The highest BCUT2D eigenvalue weighted by molar-refractivity contribution is 7.89. The van der Waals surface area contributed by atoms with Crippen molar-refractivity contribution in [1.82, 2.24) is 14.3 Å². The Morgan fingerprint density at radius 3 is 2.52 bits per heavy atom. The molecule has 2 aromatic heterocycles. The summed E-state index contributed by atoms with van der Waals surface area (Å²) >= 11 is 0. The van der Waals surface area contributed by atoms with Gasteiger partial charge >= 0.3 is 0 Å². The van der Waals surface area contributed by atoms with Gasteiger partial charge in [-0.25, -0.2) is 21.9 Å². The molecule has 0 amide bonds. The van der Waals surface area contributed by atoms with Gasteiger partial charge in [-0.1, -0.05) is 25.8 Å². The van der Waals surface area contributed by atoms with Gasteiger partial charge in [0.25, 0.3) is 0 Å². The van der Waals surface area contributed by atoms with E-state index in [-0.39, 0.29) is 10.9 Å². The second-order valence-electron chi connectivity index (χ2n) is 8.35. The Balaban J connectivity index is 1.84. The number of hydrogen-bond donors (Lipinski definition) is 1. The molecule has 0 bridgehead atoms. The Kier molecular flexibility index (Phi) is 6.77. The van der Waals surface area contributed by atoms with Gasteiger partial charge < -0.3 is 4.57 Å². The van der Waals surface area contributed by atoms with E-state index in [0.29, 0.717) is 17.0 Å². The molecule has 1 fully saturated rings. The second-order valence-corrected chi connectivity index (χ2v) is 10.1. The van der Waals surface area contributed by atoms with Crippen LogP contribution in [-0.2, 0) is 16.4 Å². The number of sulfonamides is 1. The zero-order valence-electron chi connectivity index (χ0n) is 18.4. The molecule has 0 unspecified atom stereocenters. The number of rotatable bonds is 8. The van der Waals surface area contributed by atoms with Gasteiger partial charge in [-0.05, 0) is 49.1 Å². The van der Waals surface area contributed by atoms with Crippen LogP contribution in [0.5, 0.6) is 0 Å². The second kappa shape index (κ2) is 9.57. The molecular formula is C24H26F2N4O2S. The molecule has 1 aromatic carbocycles. The Morgan fingerprint density at radius 1 is 1.21 bits per heavy atom. The van der Waals surface area contributed by atoms with Gasteiger partial charge in [-0.3, -0.25) is 4.98 Å². The average molecular weight is 473 g/mol. The molecular weight excluding hydrogens is 446 g/mol. The fourth-order valence-corrected chi connectivity index (χ4v) is 5.70. The number of nitrogens with zero attached hydrogens (tertiary/aromatic N) is 3. The molecule has 174 valence electrons. The number of nitrogens with one attached hydrogen (secondary N) is 1. The molecule has 0 spiro atoms. The predicted octanol–water partition coefficient (Wildman–Crippen LogP) is 4.84. The lowest BCUT2D eigenvalue weighted by Crippen LogP contribution is -2.37. The highest BCUT2D eigenvalue weighted by Crippen LogP contribution is 2.41. The van der Waals surface area contributed by atoms with E-state index in [1.54, 1.807) is 6.07 Å². The van der Waals surface area contributed by atoms with Crippen molar-refractivity contribution in [1.29, 1.82) is 5.26 Å². The third-order valence-corrected chi connectivity index (χ3v) is 7.77. The van der Waals surface area contributed by atoms with Crippen molar-refractivity contribution in [3.63, 3.8) is 0 Å². The number of alkyl halides is 2. The van der Waals surface area contributed by atoms with Crippen LogP contribution >= 0.6 is 0 Å². The minimum absolute atomic E-state index is 0.187. The van der Waals surface area contributed by atoms with Crippen LogP contribution in [0.4, 0.5) is 8.78 Å². The Hall–Kier alpha value is -2.83. The number of halogens is 2. The van der Waals surface area contributed by atoms with Crippen LogP contribution in [0.15, 0.2) is 41.4 Å². The summed E-state index contributed by atoms with van der Waals surface area (Å²) in [5.74, 6) is 0. The summed E-state index contributed by atoms with van der Waals surface area (Å²) in [4.78, 5) is 4.19. The van der Waals surface area contributed by atoms with Crippen LogP contribution in [0.25, 0.3) is 22.3 Å². The number of aryl methyl sites for hydroxylation is 1. The number of fused-ring (bicyclic) bond motifs is 1. The molecule has 9 heteroatoms. The number of benzene rings is 1. The molecule has 1 N–H and O–H groups in total. The molecule has 0 saturated heterocycles. The van der Waals surface area contributed by atoms with Gasteiger partial charge in [0.05, 0.1) is 28.5 Å². The van der Waals surface area contributed by atoms with E-state index in [1.807, 2.05) is 16.9 Å². The lowest BCUT2D eigenvalue weighted by atomic mass is 10.1. The Bertz CT molecular complexity index is 1290. The zero-order chi connectivity index (χ0) is 23.6. The molecule has 1 saturated carbocycles. The van der Waals surface area contributed by atoms with Gasteiger partial charge in [-0.2, -0.15) is 5.26 Å². The SMILES string of the molecule is CCc1ccc2c(c1)c(C#N)c(-c1ccc(S(=O)(=O)NC(CF)CF)cn1)n2C1CCCC1. The van der Waals surface area contributed by atoms with Crippen molar-refractivity contribution in [2.24, 2.45) is 0 Å². The standard InChI is InChI=1S/C24H26F2N4O2S/c1-2-16-7-10-23-20(11-16)21(14-27)24(30(23)18-5-3-4-6-18)22-9-8-19(15-28-22)33(31,32)29-17(12-25)13-26/h7-11,15,17-18,29H,2-6,12-13H2,1H3. The third-order valence-electron chi connectivity index (χ3n) is 6.26. The van der Waals surface area contributed by atoms with Crippen LogP contribution in [0.1, 0.15) is 49.8 Å². The number of pyridine rings is 1. The lowest BCUT2D eigenvalue weighted by Gasteiger charge is -2.18. The van der Waals surface area contributed by atoms with E-state index in [9.17, 15) is 22.5 Å². The quantitative estimate of drug-likeness (QED) is 0.508. The third kappa shape index (κ3) is 4.37. The largest absolute Gasteiger partial charge is 0.335 e. The van der Waals surface area contributed by atoms with Crippen LogP contribution in [-0.4, -0.2) is 37.4 Å². The van der Waals surface area contributed by atoms with Gasteiger partial charge in [0.15, 0.2) is 0 Å². The maximum Gasteiger partial charge on any atom is 0.242 e. The molecule has 1 aliphatic rings.